The normalized spacial score (nSPS) is 22.5. The van der Waals surface area contributed by atoms with Crippen molar-refractivity contribution in [3.8, 4) is 0 Å². The van der Waals surface area contributed by atoms with Crippen LogP contribution < -0.4 is 5.73 Å². The number of aromatic nitrogens is 2. The lowest BCUT2D eigenvalue weighted by Crippen LogP contribution is -2.31. The highest BCUT2D eigenvalue weighted by Crippen LogP contribution is 2.23. The van der Waals surface area contributed by atoms with Gasteiger partial charge in [0.2, 0.25) is 5.89 Å². The van der Waals surface area contributed by atoms with Crippen molar-refractivity contribution in [1.82, 2.24) is 15.0 Å². The van der Waals surface area contributed by atoms with Crippen LogP contribution in [0.4, 0.5) is 0 Å². The lowest BCUT2D eigenvalue weighted by atomic mass is 9.98. The van der Waals surface area contributed by atoms with Gasteiger partial charge in [0.25, 0.3) is 0 Å². The van der Waals surface area contributed by atoms with Crippen molar-refractivity contribution < 1.29 is 4.52 Å². The fourth-order valence-electron chi connectivity index (χ4n) is 2.17. The number of aryl methyl sites for hydroxylation is 1. The molecule has 1 aromatic heterocycles. The van der Waals surface area contributed by atoms with Crippen LogP contribution in [0.1, 0.15) is 36.9 Å². The number of likely N-dealkylation sites (tertiary alicyclic amines) is 1. The molecule has 5 heteroatoms. The van der Waals surface area contributed by atoms with Crippen LogP contribution in [0.15, 0.2) is 4.52 Å². The van der Waals surface area contributed by atoms with Gasteiger partial charge in [-0.15, -0.1) is 0 Å². The van der Waals surface area contributed by atoms with Crippen molar-refractivity contribution >= 4 is 0 Å². The number of nitrogens with two attached hydrogens (primary N) is 1. The molecule has 2 rings (SSSR count). The Labute approximate surface area is 96.0 Å². The van der Waals surface area contributed by atoms with Gasteiger partial charge in [0.05, 0.1) is 0 Å². The monoisotopic (exact) mass is 224 g/mol. The Kier molecular flexibility index (Phi) is 3.90. The molecule has 0 aliphatic carbocycles. The summed E-state index contributed by atoms with van der Waals surface area (Å²) in [5.74, 6) is 2.04. The molecule has 0 amide bonds. The van der Waals surface area contributed by atoms with E-state index in [9.17, 15) is 0 Å². The van der Waals surface area contributed by atoms with Gasteiger partial charge in [-0.1, -0.05) is 5.16 Å². The molecule has 1 unspecified atom stereocenters. The summed E-state index contributed by atoms with van der Waals surface area (Å²) in [5, 5.41) is 4.07. The Morgan fingerprint density at radius 3 is 3.19 bits per heavy atom. The average Bonchev–Trinajstić information content (AvgIpc) is 2.75. The molecule has 2 N–H and O–H groups in total. The largest absolute Gasteiger partial charge is 0.339 e. The Morgan fingerprint density at radius 2 is 2.44 bits per heavy atom. The second kappa shape index (κ2) is 5.41. The smallest absolute Gasteiger partial charge is 0.226 e. The molecule has 1 aliphatic rings. The van der Waals surface area contributed by atoms with Crippen molar-refractivity contribution in [2.24, 2.45) is 5.73 Å². The fraction of sp³-hybridized carbons (Fsp3) is 0.818. The quantitative estimate of drug-likeness (QED) is 0.818. The number of nitrogens with zero attached hydrogens (tertiary/aromatic N) is 3. The zero-order valence-corrected chi connectivity index (χ0v) is 9.85. The van der Waals surface area contributed by atoms with E-state index in [0.29, 0.717) is 12.5 Å². The van der Waals surface area contributed by atoms with Crippen molar-refractivity contribution in [1.29, 1.82) is 0 Å². The second-order valence-electron chi connectivity index (χ2n) is 4.54. The molecule has 1 fully saturated rings. The maximum absolute atomic E-state index is 5.45. The van der Waals surface area contributed by atoms with Crippen molar-refractivity contribution in [2.45, 2.75) is 31.6 Å². The van der Waals surface area contributed by atoms with Crippen LogP contribution in [0.25, 0.3) is 0 Å². The van der Waals surface area contributed by atoms with E-state index >= 15 is 0 Å². The Bertz CT molecular complexity index is 326. The van der Waals surface area contributed by atoms with Crippen molar-refractivity contribution in [3.63, 3.8) is 0 Å². The van der Waals surface area contributed by atoms with Gasteiger partial charge in [-0.3, -0.25) is 0 Å². The number of hydrogen-bond donors (Lipinski definition) is 1. The topological polar surface area (TPSA) is 68.2 Å². The number of rotatable bonds is 4. The molecule has 0 bridgehead atoms. The fourth-order valence-corrected chi connectivity index (χ4v) is 2.17. The van der Waals surface area contributed by atoms with Gasteiger partial charge in [-0.25, -0.2) is 0 Å². The first kappa shape index (κ1) is 11.5. The van der Waals surface area contributed by atoms with Gasteiger partial charge in [0.15, 0.2) is 5.82 Å². The minimum Gasteiger partial charge on any atom is -0.339 e. The van der Waals surface area contributed by atoms with Crippen LogP contribution >= 0.6 is 0 Å². The molecule has 5 nitrogen and oxygen atoms in total. The predicted octanol–water partition coefficient (Wildman–Crippen LogP) is 0.770. The first-order valence-corrected chi connectivity index (χ1v) is 6.00. The second-order valence-corrected chi connectivity index (χ2v) is 4.54. The lowest BCUT2D eigenvalue weighted by molar-refractivity contribution is 0.242. The Morgan fingerprint density at radius 1 is 1.56 bits per heavy atom. The minimum atomic E-state index is 0.439. The third-order valence-electron chi connectivity index (χ3n) is 3.07. The minimum absolute atomic E-state index is 0.439. The summed E-state index contributed by atoms with van der Waals surface area (Å²) in [5.41, 5.74) is 5.45. The van der Waals surface area contributed by atoms with Crippen LogP contribution in [0.2, 0.25) is 0 Å². The molecule has 0 spiro atoms. The third kappa shape index (κ3) is 2.80. The molecule has 1 aromatic rings. The zero-order chi connectivity index (χ0) is 11.4. The summed E-state index contributed by atoms with van der Waals surface area (Å²) >= 11 is 0. The maximum Gasteiger partial charge on any atom is 0.226 e. The average molecular weight is 224 g/mol. The molecule has 0 radical (unpaired) electrons. The number of piperidine rings is 1. The van der Waals surface area contributed by atoms with Crippen LogP contribution in [-0.2, 0) is 6.42 Å². The van der Waals surface area contributed by atoms with E-state index in [0.717, 1.165) is 31.1 Å². The Balaban J connectivity index is 1.95. The van der Waals surface area contributed by atoms with E-state index < -0.39 is 0 Å². The van der Waals surface area contributed by atoms with Gasteiger partial charge >= 0.3 is 0 Å². The van der Waals surface area contributed by atoms with E-state index in [1.165, 1.54) is 19.4 Å². The van der Waals surface area contributed by atoms with E-state index in [-0.39, 0.29) is 0 Å². The zero-order valence-electron chi connectivity index (χ0n) is 9.85. The maximum atomic E-state index is 5.45. The lowest BCUT2D eigenvalue weighted by Gasteiger charge is -2.27. The number of hydrogen-bond acceptors (Lipinski definition) is 5. The Hall–Kier alpha value is -0.940. The summed E-state index contributed by atoms with van der Waals surface area (Å²) in [4.78, 5) is 6.77. The van der Waals surface area contributed by atoms with Gasteiger partial charge in [0, 0.05) is 18.9 Å². The summed E-state index contributed by atoms with van der Waals surface area (Å²) in [6.07, 6.45) is 4.09. The van der Waals surface area contributed by atoms with Gasteiger partial charge in [0.1, 0.15) is 0 Å². The number of likely N-dealkylation sites (N-methyl/N-ethyl adjacent to an activating group) is 1. The van der Waals surface area contributed by atoms with Gasteiger partial charge < -0.3 is 15.2 Å². The SMILES string of the molecule is CN1CCCC(c2noc(CCCN)n2)C1. The van der Waals surface area contributed by atoms with Crippen LogP contribution in [0.3, 0.4) is 0 Å². The van der Waals surface area contributed by atoms with Crippen LogP contribution in [-0.4, -0.2) is 41.7 Å². The summed E-state index contributed by atoms with van der Waals surface area (Å²) in [6.45, 7) is 2.88. The van der Waals surface area contributed by atoms with E-state index in [1.807, 2.05) is 0 Å². The highest BCUT2D eigenvalue weighted by molar-refractivity contribution is 4.98. The van der Waals surface area contributed by atoms with Gasteiger partial charge in [-0.05, 0) is 39.4 Å². The first-order chi connectivity index (χ1) is 7.79. The van der Waals surface area contributed by atoms with Crippen LogP contribution in [0.5, 0.6) is 0 Å². The third-order valence-corrected chi connectivity index (χ3v) is 3.07. The first-order valence-electron chi connectivity index (χ1n) is 6.00. The molecule has 16 heavy (non-hydrogen) atoms. The molecule has 1 saturated heterocycles. The van der Waals surface area contributed by atoms with E-state index in [2.05, 4.69) is 22.1 Å². The van der Waals surface area contributed by atoms with Gasteiger partial charge in [-0.2, -0.15) is 4.98 Å². The molecule has 90 valence electrons. The highest BCUT2D eigenvalue weighted by Gasteiger charge is 2.23. The summed E-state index contributed by atoms with van der Waals surface area (Å²) < 4.78 is 5.22. The molecule has 0 saturated carbocycles. The van der Waals surface area contributed by atoms with Crippen molar-refractivity contribution in [3.05, 3.63) is 11.7 Å². The van der Waals surface area contributed by atoms with Crippen LogP contribution in [0, 0.1) is 0 Å². The van der Waals surface area contributed by atoms with Crippen molar-refractivity contribution in [2.75, 3.05) is 26.7 Å². The summed E-state index contributed by atoms with van der Waals surface area (Å²) in [7, 11) is 2.14. The molecule has 1 atom stereocenters. The molecular formula is C11H20N4O. The van der Waals surface area contributed by atoms with E-state index in [4.69, 9.17) is 10.3 Å². The molecule has 2 heterocycles. The van der Waals surface area contributed by atoms with E-state index in [1.54, 1.807) is 0 Å². The predicted molar refractivity (Wildman–Crippen MR) is 61.1 cm³/mol. The molecule has 0 aromatic carbocycles. The summed E-state index contributed by atoms with van der Waals surface area (Å²) in [6, 6.07) is 0. The molecule has 1 aliphatic heterocycles. The highest BCUT2D eigenvalue weighted by atomic mass is 16.5. The molecular weight excluding hydrogens is 204 g/mol. The standard InChI is InChI=1S/C11H20N4O/c1-15-7-3-4-9(8-15)11-13-10(16-14-11)5-2-6-12/h9H,2-8,12H2,1H3.